The minimum Gasteiger partial charge on any atom is -0.377 e. The van der Waals surface area contributed by atoms with Crippen LogP contribution in [0, 0.1) is 13.8 Å². The normalized spacial score (nSPS) is 10.3. The van der Waals surface area contributed by atoms with E-state index in [1.807, 2.05) is 13.8 Å². The summed E-state index contributed by atoms with van der Waals surface area (Å²) in [4.78, 5) is 27.8. The molecule has 1 aromatic heterocycles. The van der Waals surface area contributed by atoms with E-state index in [4.69, 9.17) is 0 Å². The van der Waals surface area contributed by atoms with Crippen LogP contribution in [-0.4, -0.2) is 30.3 Å². The van der Waals surface area contributed by atoms with Crippen LogP contribution in [0.1, 0.15) is 26.8 Å². The molecule has 1 heterocycles. The van der Waals surface area contributed by atoms with E-state index >= 15 is 0 Å². The number of ketones is 2. The van der Waals surface area contributed by atoms with Gasteiger partial charge in [0.05, 0.1) is 11.4 Å². The third-order valence-corrected chi connectivity index (χ3v) is 2.72. The SMILES string of the molecule is COCC(=O)CC(=O)c1nc(C)sc1C. The Morgan fingerprint density at radius 2 is 2.07 bits per heavy atom. The van der Waals surface area contributed by atoms with Crippen molar-refractivity contribution < 1.29 is 14.3 Å². The Hall–Kier alpha value is -1.07. The summed E-state index contributed by atoms with van der Waals surface area (Å²) in [5.74, 6) is -0.438. The lowest BCUT2D eigenvalue weighted by Gasteiger charge is -1.97. The van der Waals surface area contributed by atoms with Gasteiger partial charge < -0.3 is 4.74 Å². The van der Waals surface area contributed by atoms with Crippen molar-refractivity contribution in [2.24, 2.45) is 0 Å². The number of carbonyl (C=O) groups excluding carboxylic acids is 2. The van der Waals surface area contributed by atoms with Crippen LogP contribution >= 0.6 is 11.3 Å². The summed E-state index contributed by atoms with van der Waals surface area (Å²) in [6.45, 7) is 3.65. The minimum atomic E-state index is -0.223. The maximum absolute atomic E-state index is 11.6. The zero-order valence-electron chi connectivity index (χ0n) is 8.99. The number of hydrogen-bond acceptors (Lipinski definition) is 5. The number of carbonyl (C=O) groups is 2. The largest absolute Gasteiger partial charge is 0.377 e. The molecule has 0 saturated heterocycles. The fraction of sp³-hybridized carbons (Fsp3) is 0.500. The first-order chi connectivity index (χ1) is 7.04. The molecule has 82 valence electrons. The lowest BCUT2D eigenvalue weighted by molar-refractivity contribution is -0.121. The topological polar surface area (TPSA) is 56.3 Å². The number of methoxy groups -OCH3 is 1. The molecule has 0 spiro atoms. The standard InChI is InChI=1S/C10H13NO3S/c1-6-10(11-7(2)15-6)9(13)4-8(12)5-14-3/h4-5H2,1-3H3. The quantitative estimate of drug-likeness (QED) is 0.565. The van der Waals surface area contributed by atoms with Gasteiger partial charge in [0.1, 0.15) is 12.3 Å². The molecule has 0 N–H and O–H groups in total. The Morgan fingerprint density at radius 3 is 2.53 bits per heavy atom. The molecule has 0 radical (unpaired) electrons. The monoisotopic (exact) mass is 227 g/mol. The zero-order chi connectivity index (χ0) is 11.4. The number of nitrogens with zero attached hydrogens (tertiary/aromatic N) is 1. The lowest BCUT2D eigenvalue weighted by Crippen LogP contribution is -2.13. The summed E-state index contributed by atoms with van der Waals surface area (Å²) in [6, 6.07) is 0. The van der Waals surface area contributed by atoms with E-state index in [0.29, 0.717) is 5.69 Å². The number of rotatable bonds is 5. The second-order valence-electron chi connectivity index (χ2n) is 3.21. The molecule has 0 aliphatic rings. The van der Waals surface area contributed by atoms with Gasteiger partial charge in [0.25, 0.3) is 0 Å². The van der Waals surface area contributed by atoms with Gasteiger partial charge in [-0.15, -0.1) is 11.3 Å². The first kappa shape index (κ1) is 12.0. The summed E-state index contributed by atoms with van der Waals surface area (Å²) in [7, 11) is 1.43. The Balaban J connectivity index is 2.69. The van der Waals surface area contributed by atoms with Crippen molar-refractivity contribution in [3.8, 4) is 0 Å². The summed E-state index contributed by atoms with van der Waals surface area (Å²) < 4.78 is 4.66. The highest BCUT2D eigenvalue weighted by atomic mass is 32.1. The molecule has 0 unspecified atom stereocenters. The zero-order valence-corrected chi connectivity index (χ0v) is 9.81. The first-order valence-corrected chi connectivity index (χ1v) is 5.34. The van der Waals surface area contributed by atoms with Crippen LogP contribution in [0.3, 0.4) is 0 Å². The van der Waals surface area contributed by atoms with E-state index < -0.39 is 0 Å². The van der Waals surface area contributed by atoms with Gasteiger partial charge in [-0.1, -0.05) is 0 Å². The van der Waals surface area contributed by atoms with Gasteiger partial charge >= 0.3 is 0 Å². The number of aryl methyl sites for hydroxylation is 2. The van der Waals surface area contributed by atoms with E-state index in [1.54, 1.807) is 0 Å². The fourth-order valence-electron chi connectivity index (χ4n) is 1.26. The molecule has 1 aromatic rings. The summed E-state index contributed by atoms with van der Waals surface area (Å²) in [5, 5.41) is 0.843. The van der Waals surface area contributed by atoms with E-state index in [1.165, 1.54) is 18.4 Å². The van der Waals surface area contributed by atoms with Gasteiger partial charge in [-0.25, -0.2) is 4.98 Å². The van der Waals surface area contributed by atoms with Gasteiger partial charge in [-0.2, -0.15) is 0 Å². The van der Waals surface area contributed by atoms with Crippen LogP contribution < -0.4 is 0 Å². The van der Waals surface area contributed by atoms with Crippen molar-refractivity contribution in [2.45, 2.75) is 20.3 Å². The molecule has 0 amide bonds. The average molecular weight is 227 g/mol. The van der Waals surface area contributed by atoms with Crippen LogP contribution in [0.15, 0.2) is 0 Å². The first-order valence-electron chi connectivity index (χ1n) is 4.52. The molecule has 4 nitrogen and oxygen atoms in total. The third kappa shape index (κ3) is 3.21. The van der Waals surface area contributed by atoms with Crippen LogP contribution in [0.4, 0.5) is 0 Å². The molecule has 0 aromatic carbocycles. The van der Waals surface area contributed by atoms with Crippen molar-refractivity contribution in [1.82, 2.24) is 4.98 Å². The van der Waals surface area contributed by atoms with Gasteiger partial charge in [0, 0.05) is 12.0 Å². The predicted octanol–water partition coefficient (Wildman–Crippen LogP) is 1.55. The number of hydrogen-bond donors (Lipinski definition) is 0. The number of ether oxygens (including phenoxy) is 1. The lowest BCUT2D eigenvalue weighted by atomic mass is 10.1. The Kier molecular flexibility index (Phi) is 4.11. The highest BCUT2D eigenvalue weighted by Gasteiger charge is 2.17. The molecule has 15 heavy (non-hydrogen) atoms. The second kappa shape index (κ2) is 5.14. The molecular formula is C10H13NO3S. The van der Waals surface area contributed by atoms with E-state index in [0.717, 1.165) is 9.88 Å². The number of thiazole rings is 1. The predicted molar refractivity (Wildman–Crippen MR) is 57.4 cm³/mol. The summed E-state index contributed by atoms with van der Waals surface area (Å²) >= 11 is 1.46. The fourth-order valence-corrected chi connectivity index (χ4v) is 2.10. The van der Waals surface area contributed by atoms with Crippen LogP contribution in [-0.2, 0) is 9.53 Å². The van der Waals surface area contributed by atoms with Gasteiger partial charge in [0.2, 0.25) is 0 Å². The Labute approximate surface area is 92.3 Å². The van der Waals surface area contributed by atoms with Gasteiger partial charge in [0.15, 0.2) is 11.6 Å². The molecule has 0 saturated carbocycles. The molecule has 0 aliphatic heterocycles. The smallest absolute Gasteiger partial charge is 0.189 e. The van der Waals surface area contributed by atoms with Crippen LogP contribution in [0.25, 0.3) is 0 Å². The molecule has 0 fully saturated rings. The van der Waals surface area contributed by atoms with Crippen molar-refractivity contribution in [1.29, 1.82) is 0 Å². The molecule has 0 aliphatic carbocycles. The highest BCUT2D eigenvalue weighted by molar-refractivity contribution is 7.11. The van der Waals surface area contributed by atoms with Gasteiger partial charge in [-0.3, -0.25) is 9.59 Å². The maximum atomic E-state index is 11.6. The van der Waals surface area contributed by atoms with Crippen molar-refractivity contribution >= 4 is 22.9 Å². The number of Topliss-reactive ketones (excluding diaryl/α,β-unsaturated/α-hetero) is 2. The van der Waals surface area contributed by atoms with E-state index in [9.17, 15) is 9.59 Å². The van der Waals surface area contributed by atoms with Crippen molar-refractivity contribution in [3.63, 3.8) is 0 Å². The molecule has 5 heteroatoms. The van der Waals surface area contributed by atoms with E-state index in [-0.39, 0.29) is 24.6 Å². The summed E-state index contributed by atoms with van der Waals surface area (Å²) in [5.41, 5.74) is 0.418. The van der Waals surface area contributed by atoms with Crippen LogP contribution in [0.5, 0.6) is 0 Å². The molecule has 1 rings (SSSR count). The molecular weight excluding hydrogens is 214 g/mol. The average Bonchev–Trinajstić information content (AvgIpc) is 2.45. The van der Waals surface area contributed by atoms with Crippen molar-refractivity contribution in [3.05, 3.63) is 15.6 Å². The Bertz CT molecular complexity index is 384. The van der Waals surface area contributed by atoms with Gasteiger partial charge in [-0.05, 0) is 13.8 Å². The van der Waals surface area contributed by atoms with E-state index in [2.05, 4.69) is 9.72 Å². The van der Waals surface area contributed by atoms with Crippen molar-refractivity contribution in [2.75, 3.05) is 13.7 Å². The highest BCUT2D eigenvalue weighted by Crippen LogP contribution is 2.17. The summed E-state index contributed by atoms with van der Waals surface area (Å²) in [6.07, 6.45) is -0.127. The molecule has 0 atom stereocenters. The second-order valence-corrected chi connectivity index (χ2v) is 4.62. The third-order valence-electron chi connectivity index (χ3n) is 1.83. The minimum absolute atomic E-state index is 0.0199. The molecule has 0 bridgehead atoms. The number of aromatic nitrogens is 1. The Morgan fingerprint density at radius 1 is 1.40 bits per heavy atom. The maximum Gasteiger partial charge on any atom is 0.189 e. The van der Waals surface area contributed by atoms with Crippen LogP contribution in [0.2, 0.25) is 0 Å².